The summed E-state index contributed by atoms with van der Waals surface area (Å²) in [7, 11) is 5.48. The van der Waals surface area contributed by atoms with Gasteiger partial charge in [-0.2, -0.15) is 0 Å². The summed E-state index contributed by atoms with van der Waals surface area (Å²) < 4.78 is 5.53. The topological polar surface area (TPSA) is 41.6 Å². The number of hydrogen-bond acceptors (Lipinski definition) is 3. The lowest BCUT2D eigenvalue weighted by Gasteiger charge is -2.30. The number of piperidine rings is 1. The minimum absolute atomic E-state index is 0.0639. The largest absolute Gasteiger partial charge is 0.496 e. The Hall–Kier alpha value is -1.55. The summed E-state index contributed by atoms with van der Waals surface area (Å²) in [5.41, 5.74) is 3.45. The van der Waals surface area contributed by atoms with Crippen LogP contribution in [0.15, 0.2) is 12.1 Å². The van der Waals surface area contributed by atoms with Gasteiger partial charge >= 0.3 is 0 Å². The van der Waals surface area contributed by atoms with Gasteiger partial charge in [0.2, 0.25) is 5.91 Å². The highest BCUT2D eigenvalue weighted by atomic mass is 16.5. The Bertz CT molecular complexity index is 499. The zero-order valence-electron chi connectivity index (χ0n) is 12.8. The molecule has 1 aliphatic heterocycles. The number of carbonyl (C=O) groups excluding carboxylic acids is 1. The third kappa shape index (κ3) is 2.80. The summed E-state index contributed by atoms with van der Waals surface area (Å²) in [6.07, 6.45) is 1.96. The van der Waals surface area contributed by atoms with Crippen LogP contribution in [-0.4, -0.2) is 38.6 Å². The van der Waals surface area contributed by atoms with Crippen LogP contribution in [-0.2, 0) is 11.3 Å². The molecule has 0 spiro atoms. The van der Waals surface area contributed by atoms with Crippen molar-refractivity contribution in [1.29, 1.82) is 0 Å². The summed E-state index contributed by atoms with van der Waals surface area (Å²) in [6.45, 7) is 3.75. The number of benzene rings is 1. The van der Waals surface area contributed by atoms with E-state index in [1.165, 1.54) is 11.1 Å². The van der Waals surface area contributed by atoms with E-state index in [9.17, 15) is 4.79 Å². The smallest absolute Gasteiger partial charge is 0.229 e. The number of nitrogens with one attached hydrogen (secondary N) is 1. The van der Waals surface area contributed by atoms with Crippen molar-refractivity contribution in [2.24, 2.45) is 0 Å². The van der Waals surface area contributed by atoms with Crippen LogP contribution in [0.1, 0.15) is 35.4 Å². The maximum atomic E-state index is 12.4. The first-order valence-corrected chi connectivity index (χ1v) is 7.15. The molecular weight excluding hydrogens is 252 g/mol. The number of likely N-dealkylation sites (tertiary alicyclic amines) is 1. The van der Waals surface area contributed by atoms with E-state index in [0.717, 1.165) is 37.2 Å². The van der Waals surface area contributed by atoms with Gasteiger partial charge in [-0.25, -0.2) is 0 Å². The summed E-state index contributed by atoms with van der Waals surface area (Å²) in [4.78, 5) is 14.2. The Morgan fingerprint density at radius 1 is 1.45 bits per heavy atom. The molecular formula is C16H24N2O2. The molecule has 0 aromatic heterocycles. The van der Waals surface area contributed by atoms with Crippen molar-refractivity contribution in [2.45, 2.75) is 32.2 Å². The summed E-state index contributed by atoms with van der Waals surface area (Å²) >= 11 is 0. The molecule has 110 valence electrons. The van der Waals surface area contributed by atoms with Crippen LogP contribution < -0.4 is 10.1 Å². The number of nitrogens with zero attached hydrogens (tertiary/aromatic N) is 1. The molecule has 0 saturated carbocycles. The molecule has 1 saturated heterocycles. The Morgan fingerprint density at radius 3 is 2.85 bits per heavy atom. The second-order valence-electron chi connectivity index (χ2n) is 5.51. The first-order valence-electron chi connectivity index (χ1n) is 7.15. The third-order valence-corrected chi connectivity index (χ3v) is 4.09. The second kappa shape index (κ2) is 6.27. The molecule has 0 bridgehead atoms. The normalized spacial score (nSPS) is 19.3. The van der Waals surface area contributed by atoms with Gasteiger partial charge in [0, 0.05) is 25.7 Å². The van der Waals surface area contributed by atoms with E-state index in [0.29, 0.717) is 0 Å². The lowest BCUT2D eigenvalue weighted by Crippen LogP contribution is -2.37. The number of ether oxygens (including phenoxy) is 1. The number of hydrogen-bond donors (Lipinski definition) is 1. The fraction of sp³-hybridized carbons (Fsp3) is 0.562. The van der Waals surface area contributed by atoms with E-state index < -0.39 is 0 Å². The quantitative estimate of drug-likeness (QED) is 0.915. The van der Waals surface area contributed by atoms with E-state index in [1.54, 1.807) is 7.11 Å². The summed E-state index contributed by atoms with van der Waals surface area (Å²) in [6, 6.07) is 4.18. The first kappa shape index (κ1) is 14.9. The van der Waals surface area contributed by atoms with Gasteiger partial charge in [0.1, 0.15) is 5.75 Å². The van der Waals surface area contributed by atoms with Crippen LogP contribution in [0.3, 0.4) is 0 Å². The predicted molar refractivity (Wildman–Crippen MR) is 80.1 cm³/mol. The highest BCUT2D eigenvalue weighted by Crippen LogP contribution is 2.35. The second-order valence-corrected chi connectivity index (χ2v) is 5.51. The molecule has 1 heterocycles. The Morgan fingerprint density at radius 2 is 2.20 bits per heavy atom. The Labute approximate surface area is 121 Å². The lowest BCUT2D eigenvalue weighted by molar-refractivity contribution is -0.133. The highest BCUT2D eigenvalue weighted by Gasteiger charge is 2.30. The van der Waals surface area contributed by atoms with E-state index in [-0.39, 0.29) is 11.8 Å². The predicted octanol–water partition coefficient (Wildman–Crippen LogP) is 2.06. The van der Waals surface area contributed by atoms with E-state index >= 15 is 0 Å². The standard InChI is InChI=1S/C16H24N2O2/c1-11-8-14(13-6-5-7-18(3)16(13)19)15(20-4)9-12(11)10-17-2/h8-9,13,17H,5-7,10H2,1-4H3. The molecule has 2 rings (SSSR count). The van der Waals surface area contributed by atoms with Gasteiger partial charge in [-0.3, -0.25) is 4.79 Å². The van der Waals surface area contributed by atoms with E-state index in [2.05, 4.69) is 24.4 Å². The number of carbonyl (C=O) groups is 1. The van der Waals surface area contributed by atoms with Crippen molar-refractivity contribution in [3.63, 3.8) is 0 Å². The molecule has 1 aliphatic rings. The zero-order chi connectivity index (χ0) is 14.7. The van der Waals surface area contributed by atoms with Crippen LogP contribution in [0.2, 0.25) is 0 Å². The fourth-order valence-corrected chi connectivity index (χ4v) is 2.90. The first-order chi connectivity index (χ1) is 9.58. The molecule has 0 radical (unpaired) electrons. The maximum Gasteiger partial charge on any atom is 0.229 e. The van der Waals surface area contributed by atoms with Gasteiger partial charge in [0.15, 0.2) is 0 Å². The molecule has 1 N–H and O–H groups in total. The molecule has 1 aromatic carbocycles. The summed E-state index contributed by atoms with van der Waals surface area (Å²) in [5, 5.41) is 3.16. The molecule has 20 heavy (non-hydrogen) atoms. The van der Waals surface area contributed by atoms with Gasteiger partial charge in [-0.1, -0.05) is 6.07 Å². The van der Waals surface area contributed by atoms with Gasteiger partial charge in [-0.05, 0) is 44.0 Å². The molecule has 4 heteroatoms. The maximum absolute atomic E-state index is 12.4. The fourth-order valence-electron chi connectivity index (χ4n) is 2.90. The van der Waals surface area contributed by atoms with Crippen LogP contribution in [0.5, 0.6) is 5.75 Å². The van der Waals surface area contributed by atoms with Crippen LogP contribution in [0, 0.1) is 6.92 Å². The van der Waals surface area contributed by atoms with Gasteiger partial charge in [0.05, 0.1) is 13.0 Å². The number of methoxy groups -OCH3 is 1. The van der Waals surface area contributed by atoms with Crippen molar-refractivity contribution >= 4 is 5.91 Å². The molecule has 1 fully saturated rings. The lowest BCUT2D eigenvalue weighted by atomic mass is 9.87. The van der Waals surface area contributed by atoms with Crippen molar-refractivity contribution < 1.29 is 9.53 Å². The minimum Gasteiger partial charge on any atom is -0.496 e. The average Bonchev–Trinajstić information content (AvgIpc) is 2.44. The molecule has 4 nitrogen and oxygen atoms in total. The Kier molecular flexibility index (Phi) is 4.65. The van der Waals surface area contributed by atoms with Gasteiger partial charge < -0.3 is 15.0 Å². The molecule has 1 amide bonds. The van der Waals surface area contributed by atoms with Crippen LogP contribution in [0.25, 0.3) is 0 Å². The summed E-state index contributed by atoms with van der Waals surface area (Å²) in [5.74, 6) is 0.968. The number of likely N-dealkylation sites (N-methyl/N-ethyl adjacent to an activating group) is 1. The SMILES string of the molecule is CNCc1cc(OC)c(C2CCCN(C)C2=O)cc1C. The third-order valence-electron chi connectivity index (χ3n) is 4.09. The van der Waals surface area contributed by atoms with Crippen molar-refractivity contribution in [1.82, 2.24) is 10.2 Å². The van der Waals surface area contributed by atoms with Gasteiger partial charge in [-0.15, -0.1) is 0 Å². The number of rotatable bonds is 4. The Balaban J connectivity index is 2.40. The minimum atomic E-state index is -0.0639. The zero-order valence-corrected chi connectivity index (χ0v) is 12.8. The van der Waals surface area contributed by atoms with Gasteiger partial charge in [0.25, 0.3) is 0 Å². The molecule has 0 aliphatic carbocycles. The number of amides is 1. The van der Waals surface area contributed by atoms with Crippen molar-refractivity contribution in [3.8, 4) is 5.75 Å². The molecule has 1 unspecified atom stereocenters. The molecule has 1 atom stereocenters. The molecule has 1 aromatic rings. The van der Waals surface area contributed by atoms with E-state index in [1.807, 2.05) is 19.0 Å². The van der Waals surface area contributed by atoms with Crippen molar-refractivity contribution in [3.05, 3.63) is 28.8 Å². The van der Waals surface area contributed by atoms with E-state index in [4.69, 9.17) is 4.74 Å². The van der Waals surface area contributed by atoms with Crippen molar-refractivity contribution in [2.75, 3.05) is 27.7 Å². The number of aryl methyl sites for hydroxylation is 1. The average molecular weight is 276 g/mol. The van der Waals surface area contributed by atoms with Crippen LogP contribution >= 0.6 is 0 Å². The van der Waals surface area contributed by atoms with Crippen LogP contribution in [0.4, 0.5) is 0 Å². The monoisotopic (exact) mass is 276 g/mol. The highest BCUT2D eigenvalue weighted by molar-refractivity contribution is 5.85.